The summed E-state index contributed by atoms with van der Waals surface area (Å²) in [6.07, 6.45) is 6.18. The maximum Gasteiger partial charge on any atom is 0.419 e. The molecular formula is C25H26FN3O3. The van der Waals surface area contributed by atoms with Gasteiger partial charge in [0, 0.05) is 19.9 Å². The van der Waals surface area contributed by atoms with Crippen molar-refractivity contribution in [1.29, 1.82) is 5.26 Å². The van der Waals surface area contributed by atoms with Gasteiger partial charge in [-0.25, -0.2) is 9.18 Å². The average Bonchev–Trinajstić information content (AvgIpc) is 3.41. The van der Waals surface area contributed by atoms with Crippen molar-refractivity contribution in [1.82, 2.24) is 9.88 Å². The van der Waals surface area contributed by atoms with E-state index in [-0.39, 0.29) is 12.3 Å². The van der Waals surface area contributed by atoms with Crippen LogP contribution in [0.5, 0.6) is 0 Å². The number of aromatic nitrogens is 1. The van der Waals surface area contributed by atoms with Gasteiger partial charge in [-0.05, 0) is 47.2 Å². The predicted molar refractivity (Wildman–Crippen MR) is 119 cm³/mol. The lowest BCUT2D eigenvalue weighted by molar-refractivity contribution is -0.121. The molecule has 1 fully saturated rings. The molecule has 0 aliphatic heterocycles. The van der Waals surface area contributed by atoms with Crippen molar-refractivity contribution >= 4 is 17.0 Å². The average molecular weight is 435 g/mol. The standard InChI is InChI=1S/C25H26FN3O3/c1-29-22-14-18(9-10-23(22)32-25(29)31)17-7-8-19(21(26)13-17)12-20(15-27)28-24(30)11-6-16-4-2-3-5-16/h7-10,13-14,16,20H,2-6,11-12H2,1H3,(H,28,30)/t20-/m0/s1. The Bertz CT molecular complexity index is 1230. The summed E-state index contributed by atoms with van der Waals surface area (Å²) in [6.45, 7) is 0. The zero-order valence-corrected chi connectivity index (χ0v) is 18.1. The lowest BCUT2D eigenvalue weighted by Crippen LogP contribution is -2.35. The Hall–Kier alpha value is -3.40. The minimum absolute atomic E-state index is 0.104. The number of oxazole rings is 1. The van der Waals surface area contributed by atoms with Gasteiger partial charge in [0.15, 0.2) is 5.58 Å². The smallest absolute Gasteiger partial charge is 0.408 e. The third-order valence-electron chi connectivity index (χ3n) is 6.35. The van der Waals surface area contributed by atoms with Crippen LogP contribution >= 0.6 is 0 Å². The van der Waals surface area contributed by atoms with E-state index in [1.54, 1.807) is 37.4 Å². The number of hydrogen-bond acceptors (Lipinski definition) is 4. The highest BCUT2D eigenvalue weighted by Crippen LogP contribution is 2.28. The monoisotopic (exact) mass is 435 g/mol. The molecule has 0 saturated heterocycles. The lowest BCUT2D eigenvalue weighted by atomic mass is 9.99. The first-order chi connectivity index (χ1) is 15.4. The number of carbonyl (C=O) groups is 1. The second-order valence-corrected chi connectivity index (χ2v) is 8.56. The van der Waals surface area contributed by atoms with Crippen molar-refractivity contribution in [3.05, 3.63) is 58.3 Å². The first kappa shape index (κ1) is 21.8. The molecular weight excluding hydrogens is 409 g/mol. The molecule has 1 saturated carbocycles. The molecule has 1 N–H and O–H groups in total. The first-order valence-electron chi connectivity index (χ1n) is 11.0. The number of nitriles is 1. The normalized spacial score (nSPS) is 15.0. The van der Waals surface area contributed by atoms with Crippen LogP contribution in [-0.4, -0.2) is 16.5 Å². The molecule has 7 heteroatoms. The van der Waals surface area contributed by atoms with E-state index in [4.69, 9.17) is 4.42 Å². The Morgan fingerprint density at radius 1 is 1.25 bits per heavy atom. The Morgan fingerprint density at radius 2 is 1.97 bits per heavy atom. The molecule has 0 bridgehead atoms. The summed E-state index contributed by atoms with van der Waals surface area (Å²) in [5.74, 6) is -0.440. The van der Waals surface area contributed by atoms with Gasteiger partial charge in [0.05, 0.1) is 11.6 Å². The SMILES string of the molecule is Cn1c(=O)oc2ccc(-c3ccc(C[C@@H](C#N)NC(=O)CCC4CCCC4)c(F)c3)cc21. The van der Waals surface area contributed by atoms with Crippen molar-refractivity contribution in [3.8, 4) is 17.2 Å². The van der Waals surface area contributed by atoms with Crippen molar-refractivity contribution in [2.45, 2.75) is 51.0 Å². The molecule has 3 aromatic rings. The summed E-state index contributed by atoms with van der Waals surface area (Å²) in [5.41, 5.74) is 2.86. The summed E-state index contributed by atoms with van der Waals surface area (Å²) in [6, 6.07) is 11.3. The van der Waals surface area contributed by atoms with Crippen LogP contribution in [0.25, 0.3) is 22.2 Å². The van der Waals surface area contributed by atoms with Gasteiger partial charge in [-0.15, -0.1) is 0 Å². The third kappa shape index (κ3) is 4.75. The Morgan fingerprint density at radius 3 is 2.69 bits per heavy atom. The van der Waals surface area contributed by atoms with E-state index < -0.39 is 17.6 Å². The van der Waals surface area contributed by atoms with E-state index in [1.165, 1.54) is 36.3 Å². The number of halogens is 1. The van der Waals surface area contributed by atoms with Crippen LogP contribution in [0, 0.1) is 23.1 Å². The van der Waals surface area contributed by atoms with E-state index in [0.717, 1.165) is 12.0 Å². The molecule has 0 radical (unpaired) electrons. The zero-order valence-electron chi connectivity index (χ0n) is 18.1. The minimum atomic E-state index is -0.775. The molecule has 4 rings (SSSR count). The molecule has 0 spiro atoms. The van der Waals surface area contributed by atoms with Gasteiger partial charge in [-0.2, -0.15) is 5.26 Å². The van der Waals surface area contributed by atoms with E-state index in [9.17, 15) is 19.2 Å². The summed E-state index contributed by atoms with van der Waals surface area (Å²) in [4.78, 5) is 23.9. The van der Waals surface area contributed by atoms with Crippen LogP contribution in [0.2, 0.25) is 0 Å². The highest BCUT2D eigenvalue weighted by molar-refractivity contribution is 5.80. The van der Waals surface area contributed by atoms with Gasteiger partial charge in [0.2, 0.25) is 5.91 Å². The molecule has 1 atom stereocenters. The predicted octanol–water partition coefficient (Wildman–Crippen LogP) is 4.46. The Kier molecular flexibility index (Phi) is 6.40. The van der Waals surface area contributed by atoms with E-state index in [0.29, 0.717) is 34.6 Å². The van der Waals surface area contributed by atoms with Gasteiger partial charge in [0.25, 0.3) is 0 Å². The number of rotatable bonds is 7. The zero-order chi connectivity index (χ0) is 22.7. The Balaban J connectivity index is 1.43. The number of nitrogens with zero attached hydrogens (tertiary/aromatic N) is 2. The molecule has 1 aliphatic carbocycles. The molecule has 6 nitrogen and oxygen atoms in total. The van der Waals surface area contributed by atoms with Gasteiger partial charge in [0.1, 0.15) is 11.9 Å². The van der Waals surface area contributed by atoms with Crippen molar-refractivity contribution in [2.24, 2.45) is 13.0 Å². The summed E-state index contributed by atoms with van der Waals surface area (Å²) < 4.78 is 21.4. The van der Waals surface area contributed by atoms with Crippen LogP contribution in [0.15, 0.2) is 45.6 Å². The number of nitrogens with one attached hydrogen (secondary N) is 1. The van der Waals surface area contributed by atoms with Crippen LogP contribution in [0.4, 0.5) is 4.39 Å². The van der Waals surface area contributed by atoms with Crippen molar-refractivity contribution < 1.29 is 13.6 Å². The molecule has 0 unspecified atom stereocenters. The van der Waals surface area contributed by atoms with Crippen LogP contribution in [0.3, 0.4) is 0 Å². The van der Waals surface area contributed by atoms with Crippen molar-refractivity contribution in [2.75, 3.05) is 0 Å². The molecule has 1 aliphatic rings. The Labute approximate surface area is 185 Å². The molecule has 1 amide bonds. The quantitative estimate of drug-likeness (QED) is 0.594. The fourth-order valence-electron chi connectivity index (χ4n) is 4.45. The highest BCUT2D eigenvalue weighted by atomic mass is 19.1. The van der Waals surface area contributed by atoms with E-state index in [2.05, 4.69) is 11.4 Å². The van der Waals surface area contributed by atoms with Gasteiger partial charge in [-0.3, -0.25) is 9.36 Å². The van der Waals surface area contributed by atoms with Crippen LogP contribution in [-0.2, 0) is 18.3 Å². The molecule has 2 aromatic carbocycles. The molecule has 166 valence electrons. The number of benzene rings is 2. The second-order valence-electron chi connectivity index (χ2n) is 8.56. The van der Waals surface area contributed by atoms with Gasteiger partial charge < -0.3 is 9.73 Å². The van der Waals surface area contributed by atoms with Gasteiger partial charge >= 0.3 is 5.76 Å². The minimum Gasteiger partial charge on any atom is -0.408 e. The van der Waals surface area contributed by atoms with Crippen LogP contribution in [0.1, 0.15) is 44.1 Å². The van der Waals surface area contributed by atoms with E-state index in [1.807, 2.05) is 0 Å². The molecule has 1 aromatic heterocycles. The number of amides is 1. The first-order valence-corrected chi connectivity index (χ1v) is 11.0. The topological polar surface area (TPSA) is 88.0 Å². The summed E-state index contributed by atoms with van der Waals surface area (Å²) >= 11 is 0. The lowest BCUT2D eigenvalue weighted by Gasteiger charge is -2.14. The largest absolute Gasteiger partial charge is 0.419 e. The summed E-state index contributed by atoms with van der Waals surface area (Å²) in [7, 11) is 1.62. The highest BCUT2D eigenvalue weighted by Gasteiger charge is 2.19. The van der Waals surface area contributed by atoms with Gasteiger partial charge in [-0.1, -0.05) is 43.9 Å². The molecule has 1 heterocycles. The number of carbonyl (C=O) groups excluding carboxylic acids is 1. The maximum absolute atomic E-state index is 14.8. The third-order valence-corrected chi connectivity index (χ3v) is 6.35. The summed E-state index contributed by atoms with van der Waals surface area (Å²) in [5, 5.41) is 12.2. The fourth-order valence-corrected chi connectivity index (χ4v) is 4.45. The number of aryl methyl sites for hydroxylation is 1. The second kappa shape index (κ2) is 9.39. The van der Waals surface area contributed by atoms with Crippen LogP contribution < -0.4 is 11.1 Å². The van der Waals surface area contributed by atoms with Crippen molar-refractivity contribution in [3.63, 3.8) is 0 Å². The number of hydrogen-bond donors (Lipinski definition) is 1. The maximum atomic E-state index is 14.8. The molecule has 32 heavy (non-hydrogen) atoms. The number of fused-ring (bicyclic) bond motifs is 1. The van der Waals surface area contributed by atoms with E-state index >= 15 is 0 Å². The fraction of sp³-hybridized carbons (Fsp3) is 0.400.